The minimum Gasteiger partial charge on any atom is -0.564 e. The van der Waals surface area contributed by atoms with Crippen molar-refractivity contribution in [1.29, 1.82) is 5.26 Å². The van der Waals surface area contributed by atoms with Crippen LogP contribution in [-0.2, 0) is 4.65 Å². The van der Waals surface area contributed by atoms with Crippen molar-refractivity contribution in [3.63, 3.8) is 0 Å². The predicted molar refractivity (Wildman–Crippen MR) is 75.0 cm³/mol. The molecule has 0 N–H and O–H groups in total. The van der Waals surface area contributed by atoms with Gasteiger partial charge in [0.05, 0.1) is 0 Å². The number of aryl methyl sites for hydroxylation is 2. The second kappa shape index (κ2) is 5.98. The van der Waals surface area contributed by atoms with E-state index in [2.05, 4.69) is 21.0 Å². The lowest BCUT2D eigenvalue weighted by atomic mass is 10.1. The van der Waals surface area contributed by atoms with Crippen LogP contribution in [0.3, 0.4) is 0 Å². The molecule has 2 rings (SSSR count). The molecule has 0 aliphatic carbocycles. The maximum Gasteiger partial charge on any atom is 0.374 e. The SMILES string of the molecule is [B]OC(=C(C#N)c1ccccc1)c1nc(C)nc(C)n1. The molecule has 2 aromatic rings. The van der Waals surface area contributed by atoms with Crippen molar-refractivity contribution in [2.24, 2.45) is 0 Å². The van der Waals surface area contributed by atoms with Crippen LogP contribution in [0.25, 0.3) is 11.3 Å². The van der Waals surface area contributed by atoms with Gasteiger partial charge in [-0.1, -0.05) is 30.3 Å². The Kier molecular flexibility index (Phi) is 4.11. The Morgan fingerprint density at radius 2 is 1.70 bits per heavy atom. The van der Waals surface area contributed by atoms with Gasteiger partial charge in [-0.05, 0) is 19.4 Å². The van der Waals surface area contributed by atoms with Crippen molar-refractivity contribution in [3.8, 4) is 6.07 Å². The molecule has 20 heavy (non-hydrogen) atoms. The van der Waals surface area contributed by atoms with Gasteiger partial charge in [0.2, 0.25) is 0 Å². The Morgan fingerprint density at radius 3 is 2.20 bits per heavy atom. The molecule has 0 saturated carbocycles. The van der Waals surface area contributed by atoms with Crippen LogP contribution in [0.2, 0.25) is 0 Å². The normalized spacial score (nSPS) is 11.4. The molecule has 2 radical (unpaired) electrons. The van der Waals surface area contributed by atoms with Crippen molar-refractivity contribution in [3.05, 3.63) is 53.4 Å². The van der Waals surface area contributed by atoms with Gasteiger partial charge in [-0.3, -0.25) is 0 Å². The fraction of sp³-hybridized carbons (Fsp3) is 0.143. The first kappa shape index (κ1) is 13.7. The molecule has 0 atom stereocenters. The van der Waals surface area contributed by atoms with Crippen LogP contribution < -0.4 is 0 Å². The summed E-state index contributed by atoms with van der Waals surface area (Å²) in [7, 11) is 5.31. The Hall–Kier alpha value is -2.68. The zero-order chi connectivity index (χ0) is 14.5. The monoisotopic (exact) mass is 262 g/mol. The maximum absolute atomic E-state index is 9.37. The molecule has 0 aliphatic rings. The molecule has 96 valence electrons. The number of hydrogen-bond donors (Lipinski definition) is 0. The molecular weight excluding hydrogens is 251 g/mol. The molecule has 0 saturated heterocycles. The predicted octanol–water partition coefficient (Wildman–Crippen LogP) is 1.98. The highest BCUT2D eigenvalue weighted by molar-refractivity contribution is 6.05. The lowest BCUT2D eigenvalue weighted by molar-refractivity contribution is 0.563. The van der Waals surface area contributed by atoms with Crippen LogP contribution >= 0.6 is 0 Å². The molecule has 0 amide bonds. The first-order valence-corrected chi connectivity index (χ1v) is 5.92. The molecular formula is C14H11BN4O. The van der Waals surface area contributed by atoms with Crippen LogP contribution in [-0.4, -0.2) is 23.0 Å². The zero-order valence-corrected chi connectivity index (χ0v) is 11.2. The van der Waals surface area contributed by atoms with E-state index in [9.17, 15) is 5.26 Å². The standard InChI is InChI=1S/C14H11BN4O/c1-9-17-10(2)19-14(18-9)13(20-15)12(8-16)11-6-4-3-5-7-11/h3-7H,1-2H3. The molecule has 6 heteroatoms. The first-order valence-electron chi connectivity index (χ1n) is 5.92. The molecule has 0 aliphatic heterocycles. The smallest absolute Gasteiger partial charge is 0.374 e. The summed E-state index contributed by atoms with van der Waals surface area (Å²) in [5.74, 6) is 1.45. The lowest BCUT2D eigenvalue weighted by Crippen LogP contribution is -2.05. The molecule has 0 spiro atoms. The molecule has 5 nitrogen and oxygen atoms in total. The fourth-order valence-electron chi connectivity index (χ4n) is 1.79. The van der Waals surface area contributed by atoms with E-state index in [1.807, 2.05) is 18.2 Å². The highest BCUT2D eigenvalue weighted by Crippen LogP contribution is 2.24. The van der Waals surface area contributed by atoms with Gasteiger partial charge in [-0.15, -0.1) is 0 Å². The molecule has 1 heterocycles. The van der Waals surface area contributed by atoms with Gasteiger partial charge in [-0.2, -0.15) is 5.26 Å². The number of benzene rings is 1. The van der Waals surface area contributed by atoms with Crippen molar-refractivity contribution in [2.75, 3.05) is 0 Å². The van der Waals surface area contributed by atoms with Gasteiger partial charge in [0, 0.05) is 0 Å². The molecule has 1 aromatic carbocycles. The number of nitrogens with zero attached hydrogens (tertiary/aromatic N) is 4. The van der Waals surface area contributed by atoms with Crippen LogP contribution in [0.1, 0.15) is 23.0 Å². The summed E-state index contributed by atoms with van der Waals surface area (Å²) < 4.78 is 4.86. The van der Waals surface area contributed by atoms with Crippen molar-refractivity contribution >= 4 is 19.4 Å². The highest BCUT2D eigenvalue weighted by atomic mass is 16.4. The van der Waals surface area contributed by atoms with E-state index in [1.54, 1.807) is 26.0 Å². The summed E-state index contributed by atoms with van der Waals surface area (Å²) in [5, 5.41) is 9.37. The van der Waals surface area contributed by atoms with E-state index in [0.717, 1.165) is 0 Å². The molecule has 0 fully saturated rings. The summed E-state index contributed by atoms with van der Waals surface area (Å²) in [6.45, 7) is 3.47. The lowest BCUT2D eigenvalue weighted by Gasteiger charge is -2.10. The Morgan fingerprint density at radius 1 is 1.10 bits per heavy atom. The van der Waals surface area contributed by atoms with Crippen molar-refractivity contribution < 1.29 is 4.65 Å². The van der Waals surface area contributed by atoms with Crippen molar-refractivity contribution in [1.82, 2.24) is 15.0 Å². The van der Waals surface area contributed by atoms with Gasteiger partial charge in [0.25, 0.3) is 0 Å². The molecule has 0 unspecified atom stereocenters. The summed E-state index contributed by atoms with van der Waals surface area (Å²) >= 11 is 0. The van der Waals surface area contributed by atoms with Gasteiger partial charge in [0.15, 0.2) is 11.6 Å². The van der Waals surface area contributed by atoms with Crippen molar-refractivity contribution in [2.45, 2.75) is 13.8 Å². The minimum absolute atomic E-state index is 0.132. The first-order chi connectivity index (χ1) is 9.65. The topological polar surface area (TPSA) is 71.7 Å². The number of hydrogen-bond acceptors (Lipinski definition) is 5. The van der Waals surface area contributed by atoms with E-state index >= 15 is 0 Å². The average Bonchev–Trinajstić information content (AvgIpc) is 2.44. The molecule has 1 aromatic heterocycles. The van der Waals surface area contributed by atoms with E-state index in [4.69, 9.17) is 12.7 Å². The van der Waals surface area contributed by atoms with Crippen LogP contribution in [0.15, 0.2) is 30.3 Å². The average molecular weight is 262 g/mol. The second-order valence-corrected chi connectivity index (χ2v) is 4.05. The number of nitriles is 1. The Bertz CT molecular complexity index is 672. The fourth-order valence-corrected chi connectivity index (χ4v) is 1.79. The Balaban J connectivity index is 2.65. The van der Waals surface area contributed by atoms with E-state index in [-0.39, 0.29) is 17.2 Å². The third-order valence-electron chi connectivity index (χ3n) is 2.58. The van der Waals surface area contributed by atoms with Crippen LogP contribution in [0.4, 0.5) is 0 Å². The molecule has 0 bridgehead atoms. The Labute approximate surface area is 118 Å². The van der Waals surface area contributed by atoms with E-state index in [1.165, 1.54) is 0 Å². The van der Waals surface area contributed by atoms with Gasteiger partial charge in [-0.25, -0.2) is 15.0 Å². The van der Waals surface area contributed by atoms with Gasteiger partial charge in [0.1, 0.15) is 23.3 Å². The largest absolute Gasteiger partial charge is 0.564 e. The quantitative estimate of drug-likeness (QED) is 0.480. The van der Waals surface area contributed by atoms with Crippen LogP contribution in [0.5, 0.6) is 0 Å². The minimum atomic E-state index is 0.132. The number of allylic oxidation sites excluding steroid dienone is 1. The number of aromatic nitrogens is 3. The second-order valence-electron chi connectivity index (χ2n) is 4.05. The summed E-state index contributed by atoms with van der Waals surface area (Å²) in [6.07, 6.45) is 0. The summed E-state index contributed by atoms with van der Waals surface area (Å²) in [4.78, 5) is 12.4. The highest BCUT2D eigenvalue weighted by Gasteiger charge is 2.15. The third kappa shape index (κ3) is 2.83. The van der Waals surface area contributed by atoms with E-state index in [0.29, 0.717) is 17.2 Å². The maximum atomic E-state index is 9.37. The van der Waals surface area contributed by atoms with E-state index < -0.39 is 0 Å². The zero-order valence-electron chi connectivity index (χ0n) is 11.2. The number of rotatable bonds is 3. The third-order valence-corrected chi connectivity index (χ3v) is 2.58. The van der Waals surface area contributed by atoms with Gasteiger partial charge >= 0.3 is 8.05 Å². The van der Waals surface area contributed by atoms with Crippen LogP contribution in [0, 0.1) is 25.2 Å². The van der Waals surface area contributed by atoms with Gasteiger partial charge < -0.3 is 4.65 Å². The summed E-state index contributed by atoms with van der Waals surface area (Å²) in [5.41, 5.74) is 0.962. The summed E-state index contributed by atoms with van der Waals surface area (Å²) in [6, 6.07) is 11.2.